The first-order valence-electron chi connectivity index (χ1n) is 7.68. The van der Waals surface area contributed by atoms with E-state index in [2.05, 4.69) is 5.32 Å². The van der Waals surface area contributed by atoms with E-state index in [1.165, 1.54) is 39.4 Å². The summed E-state index contributed by atoms with van der Waals surface area (Å²) in [5.41, 5.74) is -1.28. The molecule has 8 heteroatoms. The summed E-state index contributed by atoms with van der Waals surface area (Å²) >= 11 is 1.52. The van der Waals surface area contributed by atoms with E-state index < -0.39 is 34.5 Å². The molecule has 1 amide bonds. The van der Waals surface area contributed by atoms with Crippen LogP contribution in [0.15, 0.2) is 24.3 Å². The molecule has 2 N–H and O–H groups in total. The lowest BCUT2D eigenvalue weighted by Crippen LogP contribution is -2.43. The number of nitrogens with one attached hydrogen (secondary N) is 1. The summed E-state index contributed by atoms with van der Waals surface area (Å²) in [6.45, 7) is 1.59. The molecule has 1 aliphatic rings. The Hall–Kier alpha value is -0.480. The van der Waals surface area contributed by atoms with Crippen molar-refractivity contribution < 1.29 is 23.1 Å². The van der Waals surface area contributed by atoms with Gasteiger partial charge in [-0.05, 0) is 52.3 Å². The molecule has 1 aliphatic heterocycles. The number of aliphatic hydroxyl groups is 1. The molecule has 134 valence electrons. The molecule has 1 aromatic rings. The second-order valence-electron chi connectivity index (χ2n) is 6.05. The topological polar surface area (TPSA) is 49.3 Å². The van der Waals surface area contributed by atoms with Crippen LogP contribution in [0.4, 0.5) is 13.2 Å². The van der Waals surface area contributed by atoms with Gasteiger partial charge in [-0.2, -0.15) is 8.78 Å². The van der Waals surface area contributed by atoms with E-state index in [9.17, 15) is 23.1 Å². The lowest BCUT2D eigenvalue weighted by molar-refractivity contribution is -0.139. The number of alkyl halides is 2. The predicted octanol–water partition coefficient (Wildman–Crippen LogP) is 4.60. The number of carbonyl (C=O) groups excluding carboxylic acids is 1. The van der Waals surface area contributed by atoms with E-state index in [-0.39, 0.29) is 19.3 Å². The number of amides is 1. The lowest BCUT2D eigenvalue weighted by atomic mass is 9.81. The fourth-order valence-electron chi connectivity index (χ4n) is 3.14. The normalized spacial score (nSPS) is 25.6. The fourth-order valence-corrected chi connectivity index (χ4v) is 4.87. The Bertz CT molecular complexity index is 604. The van der Waals surface area contributed by atoms with Gasteiger partial charge in [-0.15, -0.1) is 0 Å². The minimum absolute atomic E-state index is 0.0290. The first-order chi connectivity index (χ1) is 11.3. The van der Waals surface area contributed by atoms with E-state index in [1.54, 1.807) is 13.0 Å². The third kappa shape index (κ3) is 3.85. The van der Waals surface area contributed by atoms with Crippen molar-refractivity contribution in [3.63, 3.8) is 0 Å². The van der Waals surface area contributed by atoms with Gasteiger partial charge in [0.1, 0.15) is 11.2 Å². The van der Waals surface area contributed by atoms with Crippen LogP contribution in [0.2, 0.25) is 0 Å². The largest absolute Gasteiger partial charge is 0.388 e. The van der Waals surface area contributed by atoms with E-state index >= 15 is 0 Å². The van der Waals surface area contributed by atoms with Crippen LogP contribution in [-0.4, -0.2) is 22.3 Å². The molecular weight excluding hydrogens is 454 g/mol. The van der Waals surface area contributed by atoms with Gasteiger partial charge in [0.05, 0.1) is 6.10 Å². The molecule has 1 aromatic carbocycles. The number of rotatable bonds is 7. The van der Waals surface area contributed by atoms with Crippen molar-refractivity contribution in [2.45, 2.75) is 50.0 Å². The minimum Gasteiger partial charge on any atom is -0.388 e. The summed E-state index contributed by atoms with van der Waals surface area (Å²) in [7, 11) is 0.361. The molecule has 1 fully saturated rings. The highest BCUT2D eigenvalue weighted by Crippen LogP contribution is 2.55. The molecule has 3 atom stereocenters. The molecule has 0 spiro atoms. The zero-order chi connectivity index (χ0) is 18.0. The van der Waals surface area contributed by atoms with Crippen LogP contribution >= 0.6 is 30.1 Å². The molecule has 3 unspecified atom stereocenters. The number of hydrogen-bond acceptors (Lipinski definition) is 3. The Morgan fingerprint density at radius 1 is 1.54 bits per heavy atom. The fraction of sp³-hybridized carbons (Fsp3) is 0.562. The first-order valence-corrected chi connectivity index (χ1v) is 11.0. The average molecular weight is 473 g/mol. The summed E-state index contributed by atoms with van der Waals surface area (Å²) in [4.78, 5) is 12.2. The van der Waals surface area contributed by atoms with Gasteiger partial charge in [-0.1, -0.05) is 19.1 Å². The maximum atomic E-state index is 14.2. The summed E-state index contributed by atoms with van der Waals surface area (Å²) in [6.07, 6.45) is -0.204. The molecule has 0 bridgehead atoms. The van der Waals surface area contributed by atoms with Crippen molar-refractivity contribution in [1.82, 2.24) is 5.32 Å². The minimum atomic E-state index is -3.15. The smallest absolute Gasteiger partial charge is 0.317 e. The summed E-state index contributed by atoms with van der Waals surface area (Å²) in [5.74, 6) is -1.08. The maximum absolute atomic E-state index is 14.2. The molecule has 0 radical (unpaired) electrons. The Balaban J connectivity index is 2.01. The Morgan fingerprint density at radius 3 is 2.83 bits per heavy atom. The number of aliphatic hydroxyl groups excluding tert-OH is 1. The molecule has 0 aliphatic carbocycles. The van der Waals surface area contributed by atoms with Crippen molar-refractivity contribution in [1.29, 1.82) is 0 Å². The third-order valence-electron chi connectivity index (χ3n) is 4.64. The molecular formula is C16H19F3INO2S. The number of hydrogen-bond donors (Lipinski definition) is 2. The van der Waals surface area contributed by atoms with Crippen LogP contribution in [0.3, 0.4) is 0 Å². The summed E-state index contributed by atoms with van der Waals surface area (Å²) in [5, 5.41) is 9.61. The Kier molecular flexibility index (Phi) is 6.46. The van der Waals surface area contributed by atoms with Crippen LogP contribution < -0.4 is 5.32 Å². The van der Waals surface area contributed by atoms with E-state index in [1.807, 2.05) is 0 Å². The Morgan fingerprint density at radius 2 is 2.25 bits per heavy atom. The quantitative estimate of drug-likeness (QED) is 0.570. The van der Waals surface area contributed by atoms with Crippen LogP contribution in [0.1, 0.15) is 44.3 Å². The lowest BCUT2D eigenvalue weighted by Gasteiger charge is -2.31. The molecule has 0 aromatic heterocycles. The highest BCUT2D eigenvalue weighted by Gasteiger charge is 2.62. The molecule has 0 saturated carbocycles. The second kappa shape index (κ2) is 7.82. The van der Waals surface area contributed by atoms with Crippen molar-refractivity contribution >= 4 is 36.0 Å². The number of halogens is 4. The van der Waals surface area contributed by atoms with Gasteiger partial charge < -0.3 is 10.4 Å². The van der Waals surface area contributed by atoms with Gasteiger partial charge in [-0.25, -0.2) is 4.39 Å². The molecule has 1 saturated heterocycles. The molecule has 3 nitrogen and oxygen atoms in total. The number of carbonyl (C=O) groups is 1. The van der Waals surface area contributed by atoms with Gasteiger partial charge in [0.2, 0.25) is 5.91 Å². The standard InChI is InChI=1S/C16H19F3INO2S/c1-2-15(16(18,19)24-20)9-12(21-14(15)23)6-7-13(22)10-4-3-5-11(17)8-10/h3-5,8,12-13,22H,2,6-7,9H2,1H3,(H,21,23). The average Bonchev–Trinajstić information content (AvgIpc) is 2.90. The number of benzene rings is 1. The highest BCUT2D eigenvalue weighted by molar-refractivity contribution is 14.2. The van der Waals surface area contributed by atoms with Crippen LogP contribution in [0.5, 0.6) is 0 Å². The van der Waals surface area contributed by atoms with Crippen molar-refractivity contribution in [3.05, 3.63) is 35.6 Å². The zero-order valence-electron chi connectivity index (χ0n) is 13.1. The highest BCUT2D eigenvalue weighted by atomic mass is 127. The molecule has 2 rings (SSSR count). The van der Waals surface area contributed by atoms with E-state index in [0.717, 1.165) is 0 Å². The monoisotopic (exact) mass is 473 g/mol. The van der Waals surface area contributed by atoms with Gasteiger partial charge in [0, 0.05) is 27.2 Å². The second-order valence-corrected chi connectivity index (χ2v) is 8.04. The van der Waals surface area contributed by atoms with Gasteiger partial charge in [0.15, 0.2) is 0 Å². The van der Waals surface area contributed by atoms with E-state index in [0.29, 0.717) is 20.9 Å². The van der Waals surface area contributed by atoms with Gasteiger partial charge >= 0.3 is 5.25 Å². The predicted molar refractivity (Wildman–Crippen MR) is 96.4 cm³/mol. The maximum Gasteiger partial charge on any atom is 0.317 e. The van der Waals surface area contributed by atoms with Crippen molar-refractivity contribution in [3.8, 4) is 0 Å². The van der Waals surface area contributed by atoms with Crippen molar-refractivity contribution in [2.24, 2.45) is 5.41 Å². The summed E-state index contributed by atoms with van der Waals surface area (Å²) < 4.78 is 41.7. The van der Waals surface area contributed by atoms with Crippen LogP contribution in [-0.2, 0) is 4.79 Å². The van der Waals surface area contributed by atoms with Gasteiger partial charge in [-0.3, -0.25) is 4.79 Å². The van der Waals surface area contributed by atoms with Gasteiger partial charge in [0.25, 0.3) is 0 Å². The SMILES string of the molecule is CCC1(C(F)(F)SI)CC(CCC(O)c2cccc(F)c2)NC1=O. The third-order valence-corrected chi connectivity index (χ3v) is 6.89. The first kappa shape index (κ1) is 19.8. The molecule has 24 heavy (non-hydrogen) atoms. The zero-order valence-corrected chi connectivity index (χ0v) is 16.0. The molecule has 1 heterocycles. The van der Waals surface area contributed by atoms with Crippen LogP contribution in [0, 0.1) is 11.2 Å². The Labute approximate surface area is 155 Å². The summed E-state index contributed by atoms with van der Waals surface area (Å²) in [6, 6.07) is 5.22. The van der Waals surface area contributed by atoms with E-state index in [4.69, 9.17) is 0 Å². The van der Waals surface area contributed by atoms with Crippen LogP contribution in [0.25, 0.3) is 0 Å². The van der Waals surface area contributed by atoms with Crippen molar-refractivity contribution in [2.75, 3.05) is 0 Å².